The van der Waals surface area contributed by atoms with Crippen LogP contribution in [0.1, 0.15) is 44.9 Å². The molecular weight excluding hydrogens is 216 g/mol. The SMILES string of the molecule is O=S(=O)(O)C=NNC1CCCCCCC1. The maximum absolute atomic E-state index is 10.4. The topological polar surface area (TPSA) is 78.8 Å². The van der Waals surface area contributed by atoms with Crippen molar-refractivity contribution < 1.29 is 13.0 Å². The van der Waals surface area contributed by atoms with Crippen LogP contribution in [0.25, 0.3) is 0 Å². The molecule has 88 valence electrons. The summed E-state index contributed by atoms with van der Waals surface area (Å²) < 4.78 is 29.2. The summed E-state index contributed by atoms with van der Waals surface area (Å²) in [6.45, 7) is 0. The zero-order chi connectivity index (χ0) is 11.1. The smallest absolute Gasteiger partial charge is 0.306 e. The van der Waals surface area contributed by atoms with Gasteiger partial charge in [-0.15, -0.1) is 0 Å². The van der Waals surface area contributed by atoms with E-state index in [2.05, 4.69) is 10.5 Å². The number of nitrogens with one attached hydrogen (secondary N) is 1. The average Bonchev–Trinajstić information content (AvgIpc) is 2.06. The quantitative estimate of drug-likeness (QED) is 0.336. The van der Waals surface area contributed by atoms with E-state index in [1.54, 1.807) is 0 Å². The van der Waals surface area contributed by atoms with Crippen LogP contribution in [0.4, 0.5) is 0 Å². The molecule has 6 heteroatoms. The Morgan fingerprint density at radius 2 is 1.67 bits per heavy atom. The first kappa shape index (κ1) is 12.4. The first-order chi connectivity index (χ1) is 7.08. The zero-order valence-corrected chi connectivity index (χ0v) is 9.54. The summed E-state index contributed by atoms with van der Waals surface area (Å²) in [5, 5.41) is 3.53. The van der Waals surface area contributed by atoms with E-state index in [4.69, 9.17) is 4.55 Å². The van der Waals surface area contributed by atoms with E-state index < -0.39 is 10.1 Å². The molecular formula is C9H18N2O3S. The summed E-state index contributed by atoms with van der Waals surface area (Å²) in [6, 6.07) is 0.239. The van der Waals surface area contributed by atoms with Gasteiger partial charge in [0.25, 0.3) is 0 Å². The first-order valence-electron chi connectivity index (χ1n) is 5.34. The fourth-order valence-electron chi connectivity index (χ4n) is 1.79. The normalized spacial score (nSPS) is 21.1. The van der Waals surface area contributed by atoms with Gasteiger partial charge in [0.05, 0.1) is 0 Å². The highest BCUT2D eigenvalue weighted by atomic mass is 32.2. The van der Waals surface area contributed by atoms with Crippen LogP contribution in [-0.2, 0) is 10.1 Å². The van der Waals surface area contributed by atoms with Crippen LogP contribution in [0, 0.1) is 0 Å². The van der Waals surface area contributed by atoms with E-state index >= 15 is 0 Å². The van der Waals surface area contributed by atoms with Crippen molar-refractivity contribution in [1.82, 2.24) is 5.43 Å². The minimum absolute atomic E-state index is 0.239. The Morgan fingerprint density at radius 3 is 2.20 bits per heavy atom. The van der Waals surface area contributed by atoms with E-state index in [9.17, 15) is 8.42 Å². The van der Waals surface area contributed by atoms with Gasteiger partial charge in [0, 0.05) is 6.04 Å². The van der Waals surface area contributed by atoms with Crippen LogP contribution in [0.2, 0.25) is 0 Å². The van der Waals surface area contributed by atoms with Gasteiger partial charge < -0.3 is 5.43 Å². The van der Waals surface area contributed by atoms with Gasteiger partial charge in [-0.05, 0) is 12.8 Å². The summed E-state index contributed by atoms with van der Waals surface area (Å²) in [5.41, 5.74) is 3.32. The van der Waals surface area contributed by atoms with E-state index in [0.717, 1.165) is 25.7 Å². The number of hydrazone groups is 1. The standard InChI is InChI=1S/C9H18N2O3S/c12-15(13,14)8-10-11-9-6-4-2-1-3-5-7-9/h8-9,11H,1-7H2,(H,12,13,14). The molecule has 0 radical (unpaired) electrons. The number of nitrogens with zero attached hydrogens (tertiary/aromatic N) is 1. The maximum Gasteiger partial charge on any atom is 0.306 e. The molecule has 0 aliphatic heterocycles. The molecule has 0 bridgehead atoms. The molecule has 0 saturated heterocycles. The number of hydrogen-bond acceptors (Lipinski definition) is 4. The molecule has 1 aliphatic rings. The van der Waals surface area contributed by atoms with Gasteiger partial charge in [-0.1, -0.05) is 32.1 Å². The van der Waals surface area contributed by atoms with Crippen LogP contribution in [0.5, 0.6) is 0 Å². The molecule has 0 unspecified atom stereocenters. The molecule has 1 saturated carbocycles. The van der Waals surface area contributed by atoms with E-state index in [1.165, 1.54) is 19.3 Å². The molecule has 1 aliphatic carbocycles. The fraction of sp³-hybridized carbons (Fsp3) is 0.889. The largest absolute Gasteiger partial charge is 0.306 e. The maximum atomic E-state index is 10.4. The Morgan fingerprint density at radius 1 is 1.13 bits per heavy atom. The Hall–Kier alpha value is -0.620. The second kappa shape index (κ2) is 6.07. The van der Waals surface area contributed by atoms with Gasteiger partial charge in [0.15, 0.2) is 5.55 Å². The minimum atomic E-state index is -4.10. The fourth-order valence-corrected chi connectivity index (χ4v) is 1.98. The summed E-state index contributed by atoms with van der Waals surface area (Å²) in [7, 11) is -4.10. The van der Waals surface area contributed by atoms with E-state index in [1.807, 2.05) is 0 Å². The highest BCUT2D eigenvalue weighted by molar-refractivity contribution is 7.99. The molecule has 1 rings (SSSR count). The lowest BCUT2D eigenvalue weighted by molar-refractivity contribution is 0.398. The molecule has 0 aromatic heterocycles. The van der Waals surface area contributed by atoms with E-state index in [0.29, 0.717) is 5.55 Å². The van der Waals surface area contributed by atoms with Crippen molar-refractivity contribution in [1.29, 1.82) is 0 Å². The van der Waals surface area contributed by atoms with Gasteiger partial charge in [0.2, 0.25) is 0 Å². The average molecular weight is 234 g/mol. The number of rotatable bonds is 3. The molecule has 0 atom stereocenters. The van der Waals surface area contributed by atoms with Crippen molar-refractivity contribution in [3.8, 4) is 0 Å². The summed E-state index contributed by atoms with van der Waals surface area (Å²) in [4.78, 5) is 0. The zero-order valence-electron chi connectivity index (χ0n) is 8.72. The van der Waals surface area contributed by atoms with Gasteiger partial charge in [-0.3, -0.25) is 4.55 Å². The molecule has 0 heterocycles. The van der Waals surface area contributed by atoms with Crippen molar-refractivity contribution in [2.75, 3.05) is 0 Å². The Kier molecular flexibility index (Phi) is 5.04. The summed E-state index contributed by atoms with van der Waals surface area (Å²) in [6.07, 6.45) is 8.10. The monoisotopic (exact) mass is 234 g/mol. The van der Waals surface area contributed by atoms with Crippen molar-refractivity contribution in [3.63, 3.8) is 0 Å². The van der Waals surface area contributed by atoms with Crippen molar-refractivity contribution in [2.24, 2.45) is 5.10 Å². The van der Waals surface area contributed by atoms with Gasteiger partial charge in [-0.25, -0.2) is 0 Å². The van der Waals surface area contributed by atoms with Crippen LogP contribution >= 0.6 is 0 Å². The first-order valence-corrected chi connectivity index (χ1v) is 6.84. The second-order valence-electron chi connectivity index (χ2n) is 3.92. The second-order valence-corrected chi connectivity index (χ2v) is 5.16. The molecule has 0 amide bonds. The molecule has 0 spiro atoms. The predicted octanol–water partition coefficient (Wildman–Crippen LogP) is 1.52. The van der Waals surface area contributed by atoms with Crippen molar-refractivity contribution in [3.05, 3.63) is 0 Å². The van der Waals surface area contributed by atoms with Gasteiger partial charge in [-0.2, -0.15) is 13.5 Å². The van der Waals surface area contributed by atoms with Gasteiger partial charge >= 0.3 is 10.1 Å². The Labute approximate surface area is 90.7 Å². The molecule has 2 N–H and O–H groups in total. The van der Waals surface area contributed by atoms with Gasteiger partial charge in [0.1, 0.15) is 0 Å². The molecule has 5 nitrogen and oxygen atoms in total. The molecule has 0 aromatic rings. The van der Waals surface area contributed by atoms with Crippen LogP contribution in [0.15, 0.2) is 5.10 Å². The summed E-state index contributed by atoms with van der Waals surface area (Å²) in [5.74, 6) is 0. The van der Waals surface area contributed by atoms with Crippen LogP contribution in [0.3, 0.4) is 0 Å². The summed E-state index contributed by atoms with van der Waals surface area (Å²) >= 11 is 0. The van der Waals surface area contributed by atoms with Crippen LogP contribution in [-0.4, -0.2) is 24.6 Å². The lowest BCUT2D eigenvalue weighted by Crippen LogP contribution is -2.25. The highest BCUT2D eigenvalue weighted by Crippen LogP contribution is 2.16. The highest BCUT2D eigenvalue weighted by Gasteiger charge is 2.09. The Bertz CT molecular complexity index is 292. The third-order valence-corrected chi connectivity index (χ3v) is 2.92. The lowest BCUT2D eigenvalue weighted by Gasteiger charge is -2.18. The predicted molar refractivity (Wildman–Crippen MR) is 59.3 cm³/mol. The third kappa shape index (κ3) is 6.46. The molecule has 0 aromatic carbocycles. The molecule has 15 heavy (non-hydrogen) atoms. The third-order valence-electron chi connectivity index (χ3n) is 2.55. The van der Waals surface area contributed by atoms with Crippen molar-refractivity contribution >= 4 is 15.7 Å². The van der Waals surface area contributed by atoms with E-state index in [-0.39, 0.29) is 6.04 Å². The minimum Gasteiger partial charge on any atom is -0.306 e. The van der Waals surface area contributed by atoms with Crippen LogP contribution < -0.4 is 5.43 Å². The van der Waals surface area contributed by atoms with Crippen molar-refractivity contribution in [2.45, 2.75) is 51.0 Å². The number of hydrogen-bond donors (Lipinski definition) is 2. The Balaban J connectivity index is 2.32. The molecule has 1 fully saturated rings. The lowest BCUT2D eigenvalue weighted by atomic mass is 9.97.